The molecule has 0 radical (unpaired) electrons. The molecule has 1 saturated heterocycles. The van der Waals surface area contributed by atoms with Crippen LogP contribution < -0.4 is 0 Å². The lowest BCUT2D eigenvalue weighted by molar-refractivity contribution is 0.0859. The molecule has 0 bridgehead atoms. The third-order valence-electron chi connectivity index (χ3n) is 2.44. The van der Waals surface area contributed by atoms with Gasteiger partial charge in [-0.3, -0.25) is 4.79 Å². The fourth-order valence-corrected chi connectivity index (χ4v) is 3.70. The van der Waals surface area contributed by atoms with Gasteiger partial charge in [-0.1, -0.05) is 0 Å². The second kappa shape index (κ2) is 4.55. The minimum Gasteiger partial charge on any atom is -0.381 e. The molecule has 0 spiro atoms. The van der Waals surface area contributed by atoms with Crippen molar-refractivity contribution in [3.63, 3.8) is 0 Å². The highest BCUT2D eigenvalue weighted by Crippen LogP contribution is 2.37. The van der Waals surface area contributed by atoms with Crippen molar-refractivity contribution in [2.75, 3.05) is 13.2 Å². The second-order valence-electron chi connectivity index (χ2n) is 3.37. The predicted octanol–water partition coefficient (Wildman–Crippen LogP) is 3.22. The van der Waals surface area contributed by atoms with Gasteiger partial charge in [-0.2, -0.15) is 0 Å². The monoisotopic (exact) mass is 274 g/mol. The summed E-state index contributed by atoms with van der Waals surface area (Å²) in [6.07, 6.45) is 3.05. The number of ether oxygens (including phenoxy) is 1. The molecule has 76 valence electrons. The first kappa shape index (κ1) is 10.3. The topological polar surface area (TPSA) is 26.3 Å². The smallest absolute Gasteiger partial charge is 0.160 e. The molecule has 0 saturated carbocycles. The van der Waals surface area contributed by atoms with Crippen LogP contribution in [0.1, 0.15) is 33.3 Å². The lowest BCUT2D eigenvalue weighted by Crippen LogP contribution is -2.13. The van der Waals surface area contributed by atoms with Crippen LogP contribution in [0.3, 0.4) is 0 Å². The third kappa shape index (κ3) is 2.07. The molecule has 1 aromatic rings. The molecule has 1 fully saturated rings. The molecule has 1 aromatic heterocycles. The normalized spacial score (nSPS) is 18.4. The Hall–Kier alpha value is -0.190. The van der Waals surface area contributed by atoms with E-state index in [1.54, 1.807) is 11.3 Å². The number of carbonyl (C=O) groups excluding carboxylic acids is 1. The zero-order chi connectivity index (χ0) is 9.97. The molecule has 2 nitrogen and oxygen atoms in total. The number of aldehydes is 1. The molecule has 1 aliphatic heterocycles. The van der Waals surface area contributed by atoms with Crippen LogP contribution in [0.2, 0.25) is 0 Å². The maximum atomic E-state index is 10.6. The fourth-order valence-electron chi connectivity index (χ4n) is 1.70. The first-order valence-electron chi connectivity index (χ1n) is 4.63. The standard InChI is InChI=1S/C10H11BrO2S/c11-9-5-8(6-12)14-10(9)7-1-3-13-4-2-7/h5-7H,1-4H2. The van der Waals surface area contributed by atoms with Crippen molar-refractivity contribution in [3.05, 3.63) is 20.3 Å². The summed E-state index contributed by atoms with van der Waals surface area (Å²) in [6.45, 7) is 1.68. The number of hydrogen-bond donors (Lipinski definition) is 0. The highest BCUT2D eigenvalue weighted by atomic mass is 79.9. The van der Waals surface area contributed by atoms with Gasteiger partial charge in [0.1, 0.15) is 0 Å². The Morgan fingerprint density at radius 2 is 2.21 bits per heavy atom. The van der Waals surface area contributed by atoms with Crippen LogP contribution in [0, 0.1) is 0 Å². The van der Waals surface area contributed by atoms with Gasteiger partial charge in [-0.05, 0) is 40.8 Å². The van der Waals surface area contributed by atoms with Crippen LogP contribution in [-0.2, 0) is 4.74 Å². The second-order valence-corrected chi connectivity index (χ2v) is 5.34. The van der Waals surface area contributed by atoms with Gasteiger partial charge in [0.05, 0.1) is 4.88 Å². The van der Waals surface area contributed by atoms with Gasteiger partial charge in [0.25, 0.3) is 0 Å². The Bertz CT molecular complexity index is 329. The molecule has 2 rings (SSSR count). The van der Waals surface area contributed by atoms with Gasteiger partial charge in [-0.15, -0.1) is 11.3 Å². The van der Waals surface area contributed by atoms with Gasteiger partial charge in [0, 0.05) is 22.6 Å². The molecule has 1 aliphatic rings. The summed E-state index contributed by atoms with van der Waals surface area (Å²) in [7, 11) is 0. The van der Waals surface area contributed by atoms with Gasteiger partial charge < -0.3 is 4.74 Å². The number of halogens is 1. The van der Waals surface area contributed by atoms with E-state index < -0.39 is 0 Å². The fraction of sp³-hybridized carbons (Fsp3) is 0.500. The summed E-state index contributed by atoms with van der Waals surface area (Å²) in [5.74, 6) is 0.567. The van der Waals surface area contributed by atoms with Crippen molar-refractivity contribution in [1.82, 2.24) is 0 Å². The lowest BCUT2D eigenvalue weighted by Gasteiger charge is -2.21. The van der Waals surface area contributed by atoms with Gasteiger partial charge in [0.15, 0.2) is 6.29 Å². The van der Waals surface area contributed by atoms with Crippen LogP contribution >= 0.6 is 27.3 Å². The van der Waals surface area contributed by atoms with E-state index in [1.165, 1.54) is 4.88 Å². The molecule has 0 aromatic carbocycles. The van der Waals surface area contributed by atoms with E-state index in [9.17, 15) is 4.79 Å². The molecular weight excluding hydrogens is 264 g/mol. The van der Waals surface area contributed by atoms with Crippen LogP contribution in [0.15, 0.2) is 10.5 Å². The number of hydrogen-bond acceptors (Lipinski definition) is 3. The summed E-state index contributed by atoms with van der Waals surface area (Å²) in [6, 6.07) is 1.91. The SMILES string of the molecule is O=Cc1cc(Br)c(C2CCOCC2)s1. The maximum Gasteiger partial charge on any atom is 0.160 e. The van der Waals surface area contributed by atoms with E-state index in [0.717, 1.165) is 41.7 Å². The average Bonchev–Trinajstić information content (AvgIpc) is 2.61. The van der Waals surface area contributed by atoms with Crippen molar-refractivity contribution in [1.29, 1.82) is 0 Å². The maximum absolute atomic E-state index is 10.6. The molecule has 4 heteroatoms. The van der Waals surface area contributed by atoms with E-state index in [0.29, 0.717) is 5.92 Å². The van der Waals surface area contributed by atoms with Crippen molar-refractivity contribution in [2.45, 2.75) is 18.8 Å². The number of carbonyl (C=O) groups is 1. The third-order valence-corrected chi connectivity index (χ3v) is 4.58. The average molecular weight is 275 g/mol. The quantitative estimate of drug-likeness (QED) is 0.775. The van der Waals surface area contributed by atoms with Crippen LogP contribution in [0.4, 0.5) is 0 Å². The molecule has 0 unspecified atom stereocenters. The molecule has 0 aliphatic carbocycles. The Labute approximate surface area is 95.4 Å². The zero-order valence-corrected chi connectivity index (χ0v) is 10.1. The highest BCUT2D eigenvalue weighted by molar-refractivity contribution is 9.10. The molecule has 0 N–H and O–H groups in total. The van der Waals surface area contributed by atoms with E-state index in [-0.39, 0.29) is 0 Å². The molecular formula is C10H11BrO2S. The van der Waals surface area contributed by atoms with E-state index in [4.69, 9.17) is 4.74 Å². The Morgan fingerprint density at radius 1 is 1.50 bits per heavy atom. The molecule has 0 amide bonds. The highest BCUT2D eigenvalue weighted by Gasteiger charge is 2.20. The minimum absolute atomic E-state index is 0.567. The predicted molar refractivity (Wildman–Crippen MR) is 60.2 cm³/mol. The van der Waals surface area contributed by atoms with Gasteiger partial charge >= 0.3 is 0 Å². The summed E-state index contributed by atoms with van der Waals surface area (Å²) in [4.78, 5) is 12.7. The van der Waals surface area contributed by atoms with Crippen molar-refractivity contribution in [3.8, 4) is 0 Å². The van der Waals surface area contributed by atoms with Crippen LogP contribution in [0.25, 0.3) is 0 Å². The van der Waals surface area contributed by atoms with Crippen molar-refractivity contribution >= 4 is 33.6 Å². The summed E-state index contributed by atoms with van der Waals surface area (Å²) in [5.41, 5.74) is 0. The first-order valence-corrected chi connectivity index (χ1v) is 6.24. The molecule has 14 heavy (non-hydrogen) atoms. The Balaban J connectivity index is 2.20. The number of rotatable bonds is 2. The van der Waals surface area contributed by atoms with Crippen LogP contribution in [-0.4, -0.2) is 19.5 Å². The summed E-state index contributed by atoms with van der Waals surface area (Å²) < 4.78 is 6.39. The lowest BCUT2D eigenvalue weighted by atomic mass is 9.99. The largest absolute Gasteiger partial charge is 0.381 e. The Kier molecular flexibility index (Phi) is 3.36. The summed E-state index contributed by atoms with van der Waals surface area (Å²) >= 11 is 5.10. The summed E-state index contributed by atoms with van der Waals surface area (Å²) in [5, 5.41) is 0. The van der Waals surface area contributed by atoms with E-state index in [1.807, 2.05) is 6.07 Å². The van der Waals surface area contributed by atoms with Crippen molar-refractivity contribution in [2.24, 2.45) is 0 Å². The number of thiophene rings is 1. The Morgan fingerprint density at radius 3 is 2.79 bits per heavy atom. The van der Waals surface area contributed by atoms with Gasteiger partial charge in [0.2, 0.25) is 0 Å². The zero-order valence-electron chi connectivity index (χ0n) is 7.66. The van der Waals surface area contributed by atoms with Crippen molar-refractivity contribution < 1.29 is 9.53 Å². The molecule has 0 atom stereocenters. The minimum atomic E-state index is 0.567. The molecule has 2 heterocycles. The van der Waals surface area contributed by atoms with Gasteiger partial charge in [-0.25, -0.2) is 0 Å². The van der Waals surface area contributed by atoms with E-state index in [2.05, 4.69) is 15.9 Å². The first-order chi connectivity index (χ1) is 6.81. The van der Waals surface area contributed by atoms with E-state index >= 15 is 0 Å². The van der Waals surface area contributed by atoms with Crippen LogP contribution in [0.5, 0.6) is 0 Å².